The van der Waals surface area contributed by atoms with Gasteiger partial charge in [0.15, 0.2) is 5.34 Å². The summed E-state index contributed by atoms with van der Waals surface area (Å²) in [7, 11) is -5.19. The molecule has 4 rings (SSSR count). The lowest BCUT2D eigenvalue weighted by atomic mass is 9.89. The van der Waals surface area contributed by atoms with Gasteiger partial charge in [0.2, 0.25) is 0 Å². The third-order valence-corrected chi connectivity index (χ3v) is 15.0. The summed E-state index contributed by atoms with van der Waals surface area (Å²) in [6.45, 7) is 24.1. The molecule has 2 aliphatic heterocycles. The molecule has 0 saturated carbocycles. The number of esters is 1. The lowest BCUT2D eigenvalue weighted by Crippen LogP contribution is -2.33. The maximum Gasteiger partial charge on any atom is 0.410 e. The van der Waals surface area contributed by atoms with Gasteiger partial charge in [-0.05, 0) is 101 Å². The number of benzene rings is 2. The fourth-order valence-electron chi connectivity index (χ4n) is 7.25. The average Bonchev–Trinajstić information content (AvgIpc) is 3.66. The van der Waals surface area contributed by atoms with Crippen molar-refractivity contribution in [1.82, 2.24) is 4.90 Å². The molecular weight excluding hydrogens is 706 g/mol. The molecule has 9 nitrogen and oxygen atoms in total. The lowest BCUT2D eigenvalue weighted by Gasteiger charge is -2.36. The van der Waals surface area contributed by atoms with E-state index in [2.05, 4.69) is 46.5 Å². The first-order chi connectivity index (χ1) is 24.7. The quantitative estimate of drug-likeness (QED) is 0.0733. The van der Waals surface area contributed by atoms with E-state index in [0.717, 1.165) is 57.8 Å². The van der Waals surface area contributed by atoms with Gasteiger partial charge in [0, 0.05) is 32.3 Å². The predicted octanol–water partition coefficient (Wildman–Crippen LogP) is 10.7. The van der Waals surface area contributed by atoms with Crippen LogP contribution in [0.1, 0.15) is 124 Å². The standard InChI is InChI=1S/C42H64NO8PSi/c1-12-15-21-42(46,20-13-2)52(47,51-33-18-17-31-25-43(26-32(31)24-33)40(45)50-41(6,7)8)28-29(4)16-19-35-34(14-3)30(5)36-27-49-39(44)37(36)38(35)48-22-23-53(9,10)11/h16-18,24,46H,12-15,19-23,25-28H2,1-11H3/b29-16+. The second-order valence-electron chi connectivity index (χ2n) is 17.1. The number of nitrogens with zero attached hydrogens (tertiary/aromatic N) is 1. The van der Waals surface area contributed by atoms with Gasteiger partial charge in [-0.15, -0.1) is 0 Å². The van der Waals surface area contributed by atoms with Crippen LogP contribution in [0.25, 0.3) is 0 Å². The van der Waals surface area contributed by atoms with Gasteiger partial charge >= 0.3 is 12.1 Å². The molecule has 0 saturated heterocycles. The Balaban J connectivity index is 1.69. The van der Waals surface area contributed by atoms with E-state index >= 15 is 4.57 Å². The first kappa shape index (κ1) is 42.7. The van der Waals surface area contributed by atoms with E-state index in [9.17, 15) is 14.7 Å². The normalized spacial score (nSPS) is 16.8. The van der Waals surface area contributed by atoms with E-state index in [0.29, 0.717) is 68.9 Å². The Hall–Kier alpha value is -3.07. The van der Waals surface area contributed by atoms with Crippen LogP contribution in [0.3, 0.4) is 0 Å². The first-order valence-corrected chi connectivity index (χ1v) is 25.0. The Kier molecular flexibility index (Phi) is 13.8. The molecule has 0 aliphatic carbocycles. The highest BCUT2D eigenvalue weighted by molar-refractivity contribution is 7.61. The summed E-state index contributed by atoms with van der Waals surface area (Å²) in [6.07, 6.45) is 5.88. The minimum atomic E-state index is -3.79. The summed E-state index contributed by atoms with van der Waals surface area (Å²) in [5, 5.41) is 10.8. The van der Waals surface area contributed by atoms with Crippen molar-refractivity contribution >= 4 is 27.5 Å². The van der Waals surface area contributed by atoms with Gasteiger partial charge in [0.05, 0.1) is 12.8 Å². The summed E-state index contributed by atoms with van der Waals surface area (Å²) < 4.78 is 39.5. The smallest absolute Gasteiger partial charge is 0.410 e. The van der Waals surface area contributed by atoms with Crippen LogP contribution >= 0.6 is 7.37 Å². The molecule has 0 bridgehead atoms. The zero-order valence-electron chi connectivity index (χ0n) is 34.2. The average molecular weight is 770 g/mol. The van der Waals surface area contributed by atoms with Crippen LogP contribution < -0.4 is 9.26 Å². The minimum Gasteiger partial charge on any atom is -0.493 e. The van der Waals surface area contributed by atoms with E-state index < -0.39 is 26.4 Å². The van der Waals surface area contributed by atoms with Crippen LogP contribution in [0.4, 0.5) is 4.79 Å². The molecule has 0 aromatic heterocycles. The molecular formula is C42H64NO8PSi. The number of rotatable bonds is 17. The number of amides is 1. The van der Waals surface area contributed by atoms with Crippen LogP contribution in [0, 0.1) is 6.92 Å². The summed E-state index contributed by atoms with van der Waals surface area (Å²) in [5.74, 6) is 0.671. The molecule has 1 amide bonds. The zero-order chi connectivity index (χ0) is 39.4. The highest BCUT2D eigenvalue weighted by atomic mass is 31.2. The molecule has 2 aliphatic rings. The molecule has 0 spiro atoms. The van der Waals surface area contributed by atoms with Crippen molar-refractivity contribution in [3.05, 3.63) is 68.8 Å². The molecule has 2 aromatic rings. The number of hydrogen-bond acceptors (Lipinski definition) is 8. The number of unbranched alkanes of at least 4 members (excludes halogenated alkanes) is 1. The minimum absolute atomic E-state index is 0.0631. The Morgan fingerprint density at radius 2 is 1.75 bits per heavy atom. The Bertz CT molecular complexity index is 1740. The van der Waals surface area contributed by atoms with Crippen LogP contribution in [-0.4, -0.2) is 53.9 Å². The number of fused-ring (bicyclic) bond motifs is 2. The van der Waals surface area contributed by atoms with Crippen molar-refractivity contribution in [2.75, 3.05) is 12.8 Å². The van der Waals surface area contributed by atoms with Crippen LogP contribution in [0.15, 0.2) is 29.8 Å². The summed E-state index contributed by atoms with van der Waals surface area (Å²) in [5.41, 5.74) is 6.68. The highest BCUT2D eigenvalue weighted by Gasteiger charge is 2.48. The maximum absolute atomic E-state index is 15.3. The SMILES string of the molecule is CCCCC(O)(CCC)P(=O)(C/C(C)=C/Cc1c(CC)c(C)c2c(c1OCC[Si](C)(C)C)C(=O)OC2)Oc1ccc2c(c1)CN(C(=O)OC(C)(C)C)C2. The second-order valence-corrected chi connectivity index (χ2v) is 25.4. The van der Waals surface area contributed by atoms with Crippen molar-refractivity contribution in [1.29, 1.82) is 0 Å². The van der Waals surface area contributed by atoms with E-state index in [4.69, 9.17) is 18.7 Å². The number of carbonyl (C=O) groups excluding carboxylic acids is 2. The first-order valence-electron chi connectivity index (χ1n) is 19.5. The monoisotopic (exact) mass is 769 g/mol. The van der Waals surface area contributed by atoms with Gasteiger partial charge in [0.25, 0.3) is 7.37 Å². The van der Waals surface area contributed by atoms with Crippen LogP contribution in [-0.2, 0) is 46.6 Å². The molecule has 2 heterocycles. The molecule has 53 heavy (non-hydrogen) atoms. The lowest BCUT2D eigenvalue weighted by molar-refractivity contribution is 0.0241. The number of carbonyl (C=O) groups is 2. The maximum atomic E-state index is 15.3. The molecule has 294 valence electrons. The van der Waals surface area contributed by atoms with Gasteiger partial charge in [0.1, 0.15) is 29.3 Å². The summed E-state index contributed by atoms with van der Waals surface area (Å²) in [6, 6.07) is 6.50. The number of hydrogen-bond donors (Lipinski definition) is 1. The zero-order valence-corrected chi connectivity index (χ0v) is 36.1. The largest absolute Gasteiger partial charge is 0.493 e. The third-order valence-electron chi connectivity index (χ3n) is 10.2. The summed E-state index contributed by atoms with van der Waals surface area (Å²) >= 11 is 0. The number of ether oxygens (including phenoxy) is 3. The Morgan fingerprint density at radius 1 is 1.06 bits per heavy atom. The van der Waals surface area contributed by atoms with Gasteiger partial charge in [-0.1, -0.05) is 77.4 Å². The fourth-order valence-corrected chi connectivity index (χ4v) is 10.8. The van der Waals surface area contributed by atoms with E-state index in [1.54, 1.807) is 11.0 Å². The topological polar surface area (TPSA) is 112 Å². The molecule has 11 heteroatoms. The van der Waals surface area contributed by atoms with E-state index in [1.165, 1.54) is 0 Å². The predicted molar refractivity (Wildman–Crippen MR) is 215 cm³/mol. The molecule has 0 fully saturated rings. The van der Waals surface area contributed by atoms with Crippen molar-refractivity contribution in [2.24, 2.45) is 0 Å². The van der Waals surface area contributed by atoms with Crippen molar-refractivity contribution in [3.8, 4) is 11.5 Å². The van der Waals surface area contributed by atoms with E-state index in [1.807, 2.05) is 46.8 Å². The van der Waals surface area contributed by atoms with Crippen molar-refractivity contribution < 1.29 is 38.0 Å². The van der Waals surface area contributed by atoms with Gasteiger partial charge in [-0.2, -0.15) is 0 Å². The number of cyclic esters (lactones) is 1. The molecule has 0 radical (unpaired) electrons. The van der Waals surface area contributed by atoms with Crippen molar-refractivity contribution in [2.45, 2.75) is 157 Å². The molecule has 2 unspecified atom stereocenters. The number of allylic oxidation sites excluding steroid dienone is 2. The molecule has 2 aromatic carbocycles. The molecule has 1 N–H and O–H groups in total. The molecule has 2 atom stereocenters. The number of aliphatic hydroxyl groups is 1. The Morgan fingerprint density at radius 3 is 2.38 bits per heavy atom. The summed E-state index contributed by atoms with van der Waals surface area (Å²) in [4.78, 5) is 27.6. The Labute approximate surface area is 319 Å². The van der Waals surface area contributed by atoms with Crippen molar-refractivity contribution in [3.63, 3.8) is 0 Å². The van der Waals surface area contributed by atoms with Gasteiger partial charge in [-0.25, -0.2) is 9.59 Å². The van der Waals surface area contributed by atoms with Crippen LogP contribution in [0.5, 0.6) is 11.5 Å². The highest BCUT2D eigenvalue weighted by Crippen LogP contribution is 2.62. The third kappa shape index (κ3) is 10.4. The van der Waals surface area contributed by atoms with Gasteiger partial charge < -0.3 is 23.8 Å². The van der Waals surface area contributed by atoms with E-state index in [-0.39, 0.29) is 24.8 Å². The fraction of sp³-hybridized carbons (Fsp3) is 0.619. The van der Waals surface area contributed by atoms with Gasteiger partial charge in [-0.3, -0.25) is 9.46 Å². The second kappa shape index (κ2) is 17.2. The van der Waals surface area contributed by atoms with Crippen LogP contribution in [0.2, 0.25) is 25.7 Å².